The summed E-state index contributed by atoms with van der Waals surface area (Å²) >= 11 is 0. The number of hydrogen-bond donors (Lipinski definition) is 1. The Hall–Kier alpha value is -2.63. The summed E-state index contributed by atoms with van der Waals surface area (Å²) in [6.45, 7) is 2.61. The Morgan fingerprint density at radius 3 is 2.45 bits per heavy atom. The van der Waals surface area contributed by atoms with Gasteiger partial charge in [-0.15, -0.1) is 0 Å². The maximum Gasteiger partial charge on any atom is 0.256 e. The van der Waals surface area contributed by atoms with Crippen LogP contribution < -0.4 is 14.8 Å². The van der Waals surface area contributed by atoms with Gasteiger partial charge in [-0.1, -0.05) is 0 Å². The minimum atomic E-state index is -0.830. The summed E-state index contributed by atoms with van der Waals surface area (Å²) in [6, 6.07) is 6.22. The van der Waals surface area contributed by atoms with E-state index < -0.39 is 17.5 Å². The molecule has 0 saturated carbocycles. The van der Waals surface area contributed by atoms with Crippen LogP contribution in [0.5, 0.6) is 11.5 Å². The molecule has 0 bridgehead atoms. The predicted octanol–water partition coefficient (Wildman–Crippen LogP) is 3.30. The zero-order valence-electron chi connectivity index (χ0n) is 11.8. The number of rotatable bonds is 2. The topological polar surface area (TPSA) is 47.6 Å². The molecular formula is C16H13F2NO3. The molecule has 22 heavy (non-hydrogen) atoms. The molecule has 3 rings (SSSR count). The first-order valence-electron chi connectivity index (χ1n) is 6.71. The normalized spacial score (nSPS) is 12.9. The van der Waals surface area contributed by atoms with Crippen LogP contribution in [-0.2, 0) is 0 Å². The lowest BCUT2D eigenvalue weighted by Crippen LogP contribution is -2.18. The first-order chi connectivity index (χ1) is 10.5. The van der Waals surface area contributed by atoms with E-state index in [1.165, 1.54) is 6.07 Å². The van der Waals surface area contributed by atoms with Crippen LogP contribution in [-0.4, -0.2) is 19.1 Å². The molecule has 4 nitrogen and oxygen atoms in total. The average molecular weight is 305 g/mol. The number of ether oxygens (including phenoxy) is 2. The van der Waals surface area contributed by atoms with Crippen molar-refractivity contribution in [2.45, 2.75) is 6.92 Å². The Morgan fingerprint density at radius 1 is 1.09 bits per heavy atom. The maximum absolute atomic E-state index is 13.6. The average Bonchev–Trinajstić information content (AvgIpc) is 2.49. The van der Waals surface area contributed by atoms with Crippen molar-refractivity contribution in [3.8, 4) is 11.5 Å². The highest BCUT2D eigenvalue weighted by Crippen LogP contribution is 2.33. The number of halogens is 2. The number of carbonyl (C=O) groups excluding carboxylic acids is 1. The first-order valence-corrected chi connectivity index (χ1v) is 6.71. The van der Waals surface area contributed by atoms with Gasteiger partial charge in [0, 0.05) is 11.6 Å². The smallest absolute Gasteiger partial charge is 0.256 e. The number of benzene rings is 2. The molecule has 0 saturated heterocycles. The highest BCUT2D eigenvalue weighted by Gasteiger charge is 2.18. The zero-order chi connectivity index (χ0) is 15.7. The third-order valence-electron chi connectivity index (χ3n) is 3.31. The second kappa shape index (κ2) is 5.63. The molecule has 2 aromatic carbocycles. The highest BCUT2D eigenvalue weighted by atomic mass is 19.1. The van der Waals surface area contributed by atoms with Crippen molar-refractivity contribution >= 4 is 11.6 Å². The van der Waals surface area contributed by atoms with Crippen LogP contribution in [0.15, 0.2) is 30.3 Å². The number of carbonyl (C=O) groups is 1. The molecule has 2 aromatic rings. The molecule has 1 aliphatic heterocycles. The number of hydrogen-bond acceptors (Lipinski definition) is 3. The fraction of sp³-hybridized carbons (Fsp3) is 0.188. The summed E-state index contributed by atoms with van der Waals surface area (Å²) in [5.74, 6) is -0.982. The van der Waals surface area contributed by atoms with Crippen molar-refractivity contribution in [1.29, 1.82) is 0 Å². The van der Waals surface area contributed by atoms with Crippen molar-refractivity contribution < 1.29 is 23.0 Å². The molecule has 0 spiro atoms. The van der Waals surface area contributed by atoms with Crippen molar-refractivity contribution in [2.24, 2.45) is 0 Å². The van der Waals surface area contributed by atoms with Gasteiger partial charge >= 0.3 is 0 Å². The quantitative estimate of drug-likeness (QED) is 0.926. The van der Waals surface area contributed by atoms with Gasteiger partial charge in [-0.2, -0.15) is 0 Å². The molecule has 6 heteroatoms. The van der Waals surface area contributed by atoms with Crippen LogP contribution in [0.4, 0.5) is 14.5 Å². The van der Waals surface area contributed by atoms with Crippen molar-refractivity contribution in [3.63, 3.8) is 0 Å². The van der Waals surface area contributed by atoms with E-state index in [-0.39, 0.29) is 5.69 Å². The van der Waals surface area contributed by atoms with Gasteiger partial charge < -0.3 is 14.8 Å². The summed E-state index contributed by atoms with van der Waals surface area (Å²) in [5.41, 5.74) is 0.929. The highest BCUT2D eigenvalue weighted by molar-refractivity contribution is 6.05. The van der Waals surface area contributed by atoms with Gasteiger partial charge in [0.2, 0.25) is 0 Å². The van der Waals surface area contributed by atoms with Gasteiger partial charge in [-0.25, -0.2) is 8.78 Å². The van der Waals surface area contributed by atoms with Gasteiger partial charge in [0.1, 0.15) is 24.8 Å². The second-order valence-corrected chi connectivity index (χ2v) is 4.89. The molecular weight excluding hydrogens is 292 g/mol. The molecule has 0 unspecified atom stereocenters. The summed E-state index contributed by atoms with van der Waals surface area (Å²) in [7, 11) is 0. The number of aryl methyl sites for hydroxylation is 1. The van der Waals surface area contributed by atoms with Crippen molar-refractivity contribution in [3.05, 3.63) is 53.1 Å². The third-order valence-corrected chi connectivity index (χ3v) is 3.31. The SMILES string of the molecule is Cc1cc2c(cc1C(=O)Nc1ccc(F)cc1F)OCCO2. The van der Waals surface area contributed by atoms with Crippen LogP contribution in [0.3, 0.4) is 0 Å². The predicted molar refractivity (Wildman–Crippen MR) is 76.5 cm³/mol. The van der Waals surface area contributed by atoms with Crippen LogP contribution >= 0.6 is 0 Å². The Balaban J connectivity index is 1.88. The van der Waals surface area contributed by atoms with Crippen LogP contribution in [0, 0.1) is 18.6 Å². The molecule has 0 radical (unpaired) electrons. The lowest BCUT2D eigenvalue weighted by molar-refractivity contribution is 0.102. The molecule has 0 fully saturated rings. The largest absolute Gasteiger partial charge is 0.486 e. The Morgan fingerprint density at radius 2 is 1.77 bits per heavy atom. The molecule has 114 valence electrons. The Kier molecular flexibility index (Phi) is 3.66. The van der Waals surface area contributed by atoms with E-state index in [4.69, 9.17) is 9.47 Å². The minimum absolute atomic E-state index is 0.0827. The van der Waals surface area contributed by atoms with Gasteiger partial charge in [0.05, 0.1) is 5.69 Å². The molecule has 0 aliphatic carbocycles. The number of anilines is 1. The lowest BCUT2D eigenvalue weighted by Gasteiger charge is -2.20. The fourth-order valence-electron chi connectivity index (χ4n) is 2.22. The minimum Gasteiger partial charge on any atom is -0.486 e. The fourth-order valence-corrected chi connectivity index (χ4v) is 2.22. The van der Waals surface area contributed by atoms with Crippen LogP contribution in [0.2, 0.25) is 0 Å². The third kappa shape index (κ3) is 2.72. The molecule has 1 aliphatic rings. The van der Waals surface area contributed by atoms with Gasteiger partial charge in [-0.05, 0) is 36.8 Å². The van der Waals surface area contributed by atoms with E-state index in [1.54, 1.807) is 19.1 Å². The van der Waals surface area contributed by atoms with Gasteiger partial charge in [0.15, 0.2) is 11.5 Å². The summed E-state index contributed by atoms with van der Waals surface area (Å²) in [6.07, 6.45) is 0. The number of amides is 1. The van der Waals surface area contributed by atoms with E-state index in [0.29, 0.717) is 41.9 Å². The van der Waals surface area contributed by atoms with Gasteiger partial charge in [-0.3, -0.25) is 4.79 Å². The molecule has 0 atom stereocenters. The summed E-state index contributed by atoms with van der Waals surface area (Å²) in [4.78, 5) is 12.3. The van der Waals surface area contributed by atoms with E-state index in [1.807, 2.05) is 0 Å². The molecule has 1 heterocycles. The summed E-state index contributed by atoms with van der Waals surface area (Å²) in [5, 5.41) is 2.42. The number of nitrogens with one attached hydrogen (secondary N) is 1. The second-order valence-electron chi connectivity index (χ2n) is 4.89. The standard InChI is InChI=1S/C16H13F2NO3/c1-9-6-14-15(22-5-4-21-14)8-11(9)16(20)19-13-3-2-10(17)7-12(13)18/h2-3,6-8H,4-5H2,1H3,(H,19,20). The molecule has 1 amide bonds. The molecule has 0 aromatic heterocycles. The lowest BCUT2D eigenvalue weighted by atomic mass is 10.1. The van der Waals surface area contributed by atoms with E-state index in [0.717, 1.165) is 6.07 Å². The Bertz CT molecular complexity index is 746. The van der Waals surface area contributed by atoms with Crippen LogP contribution in [0.25, 0.3) is 0 Å². The van der Waals surface area contributed by atoms with Gasteiger partial charge in [0.25, 0.3) is 5.91 Å². The van der Waals surface area contributed by atoms with E-state index in [9.17, 15) is 13.6 Å². The van der Waals surface area contributed by atoms with E-state index >= 15 is 0 Å². The monoisotopic (exact) mass is 305 g/mol. The first kappa shape index (κ1) is 14.3. The maximum atomic E-state index is 13.6. The molecule has 1 N–H and O–H groups in total. The summed E-state index contributed by atoms with van der Waals surface area (Å²) < 4.78 is 37.3. The van der Waals surface area contributed by atoms with Crippen molar-refractivity contribution in [2.75, 3.05) is 18.5 Å². The number of fused-ring (bicyclic) bond motifs is 1. The zero-order valence-corrected chi connectivity index (χ0v) is 11.8. The van der Waals surface area contributed by atoms with Crippen molar-refractivity contribution in [1.82, 2.24) is 0 Å². The van der Waals surface area contributed by atoms with E-state index in [2.05, 4.69) is 5.32 Å². The van der Waals surface area contributed by atoms with Crippen LogP contribution in [0.1, 0.15) is 15.9 Å². The Labute approximate surface area is 125 Å².